The Bertz CT molecular complexity index is 834. The molecule has 0 N–H and O–H groups in total. The van der Waals surface area contributed by atoms with Gasteiger partial charge in [-0.3, -0.25) is 19.4 Å². The first-order valence-corrected chi connectivity index (χ1v) is 9.22. The van der Waals surface area contributed by atoms with E-state index in [1.165, 1.54) is 9.80 Å². The second-order valence-electron chi connectivity index (χ2n) is 6.10. The van der Waals surface area contributed by atoms with Crippen molar-refractivity contribution in [2.45, 2.75) is 13.3 Å². The molecule has 2 amide bonds. The Labute approximate surface area is 170 Å². The summed E-state index contributed by atoms with van der Waals surface area (Å²) in [4.78, 5) is 27.7. The van der Waals surface area contributed by atoms with Crippen LogP contribution in [0, 0.1) is 0 Å². The number of allylic oxidation sites excluding steroid dienone is 1. The molecule has 0 radical (unpaired) electrons. The van der Waals surface area contributed by atoms with Gasteiger partial charge in [0.05, 0.1) is 6.61 Å². The van der Waals surface area contributed by atoms with Crippen LogP contribution in [-0.4, -0.2) is 54.0 Å². The van der Waals surface area contributed by atoms with Gasteiger partial charge in [-0.25, -0.2) is 0 Å². The molecule has 0 bridgehead atoms. The second-order valence-corrected chi connectivity index (χ2v) is 6.47. The van der Waals surface area contributed by atoms with Crippen molar-refractivity contribution in [3.05, 3.63) is 54.1 Å². The highest BCUT2D eigenvalue weighted by atomic mass is 32.1. The average Bonchev–Trinajstić information content (AvgIpc) is 2.68. The van der Waals surface area contributed by atoms with E-state index >= 15 is 0 Å². The van der Waals surface area contributed by atoms with Crippen LogP contribution in [0.5, 0.6) is 11.5 Å². The fourth-order valence-corrected chi connectivity index (χ4v) is 2.95. The molecule has 6 nitrogen and oxygen atoms in total. The van der Waals surface area contributed by atoms with E-state index in [0.717, 1.165) is 5.56 Å². The molecule has 2 rings (SSSR count). The first kappa shape index (κ1) is 21.4. The van der Waals surface area contributed by atoms with Crippen molar-refractivity contribution in [2.75, 3.05) is 27.3 Å². The Morgan fingerprint density at radius 3 is 2.25 bits per heavy atom. The smallest absolute Gasteiger partial charge is 0.265 e. The first-order valence-electron chi connectivity index (χ1n) is 8.81. The number of carbonyl (C=O) groups excluding carboxylic acids is 2. The second kappa shape index (κ2) is 9.32. The number of likely N-dealkylation sites (N-methyl/N-ethyl adjacent to an activating group) is 2. The van der Waals surface area contributed by atoms with E-state index in [4.69, 9.17) is 21.7 Å². The number of benzene rings is 1. The molecular formula is C21H24N2O4S. The molecule has 7 heteroatoms. The summed E-state index contributed by atoms with van der Waals surface area (Å²) in [5.74, 6) is 0.246. The highest BCUT2D eigenvalue weighted by Gasteiger charge is 2.35. The van der Waals surface area contributed by atoms with E-state index in [2.05, 4.69) is 13.2 Å². The lowest BCUT2D eigenvalue weighted by Crippen LogP contribution is -2.52. The lowest BCUT2D eigenvalue weighted by atomic mass is 10.0. The number of thiocarbonyl (C=S) groups is 1. The zero-order valence-corrected chi connectivity index (χ0v) is 17.2. The molecule has 1 aromatic carbocycles. The Morgan fingerprint density at radius 1 is 1.07 bits per heavy atom. The van der Waals surface area contributed by atoms with Crippen LogP contribution in [0.15, 0.2) is 43.0 Å². The van der Waals surface area contributed by atoms with Crippen LogP contribution in [0.2, 0.25) is 0 Å². The van der Waals surface area contributed by atoms with Gasteiger partial charge in [0.15, 0.2) is 16.6 Å². The molecule has 28 heavy (non-hydrogen) atoms. The van der Waals surface area contributed by atoms with Gasteiger partial charge < -0.3 is 9.47 Å². The number of carbonyl (C=O) groups is 2. The van der Waals surface area contributed by atoms with E-state index in [9.17, 15) is 9.59 Å². The number of hydrogen-bond donors (Lipinski definition) is 0. The number of amides is 2. The van der Waals surface area contributed by atoms with Crippen LogP contribution < -0.4 is 9.47 Å². The van der Waals surface area contributed by atoms with E-state index in [1.54, 1.807) is 38.4 Å². The number of rotatable bonds is 8. The van der Waals surface area contributed by atoms with Gasteiger partial charge in [0.2, 0.25) is 0 Å². The van der Waals surface area contributed by atoms with Gasteiger partial charge in [-0.15, -0.1) is 6.58 Å². The van der Waals surface area contributed by atoms with Gasteiger partial charge in [-0.1, -0.05) is 18.7 Å². The van der Waals surface area contributed by atoms with Crippen LogP contribution in [0.3, 0.4) is 0 Å². The Kier molecular flexibility index (Phi) is 7.12. The van der Waals surface area contributed by atoms with Crippen LogP contribution in [0.1, 0.15) is 18.1 Å². The van der Waals surface area contributed by atoms with Crippen LogP contribution >= 0.6 is 12.2 Å². The third-order valence-electron chi connectivity index (χ3n) is 4.12. The fourth-order valence-electron chi connectivity index (χ4n) is 2.78. The van der Waals surface area contributed by atoms with Crippen molar-refractivity contribution < 1.29 is 19.1 Å². The summed E-state index contributed by atoms with van der Waals surface area (Å²) in [6.07, 6.45) is 5.48. The van der Waals surface area contributed by atoms with Crippen molar-refractivity contribution in [2.24, 2.45) is 0 Å². The molecule has 1 fully saturated rings. The molecule has 148 valence electrons. The summed E-state index contributed by atoms with van der Waals surface area (Å²) in [5, 5.41) is 0.169. The summed E-state index contributed by atoms with van der Waals surface area (Å²) >= 11 is 5.12. The van der Waals surface area contributed by atoms with Crippen LogP contribution in [0.4, 0.5) is 0 Å². The largest absolute Gasteiger partial charge is 0.490 e. The molecule has 0 aromatic heterocycles. The predicted molar refractivity (Wildman–Crippen MR) is 113 cm³/mol. The maximum Gasteiger partial charge on any atom is 0.265 e. The maximum atomic E-state index is 12.6. The predicted octanol–water partition coefficient (Wildman–Crippen LogP) is 2.98. The standard InChI is InChI=1S/C21H24N2O4S/c1-6-9-15-11-14(13-17(26-8-3)18(15)27-10-7-2)12-16-19(24)22(4)21(28)23(5)20(16)25/h6-7,11-13H,1-2,8-10H2,3-5H3. The molecule has 1 aromatic rings. The lowest BCUT2D eigenvalue weighted by molar-refractivity contribution is -0.132. The van der Waals surface area contributed by atoms with Crippen molar-refractivity contribution in [1.82, 2.24) is 9.80 Å². The SMILES string of the molecule is C=CCOc1c(CC=C)cc(C=C2C(=O)N(C)C(=S)N(C)C2=O)cc1OCC. The molecule has 0 aliphatic carbocycles. The van der Waals surface area contributed by atoms with Crippen LogP contribution in [-0.2, 0) is 16.0 Å². The molecule has 0 spiro atoms. The number of hydrogen-bond acceptors (Lipinski definition) is 5. The summed E-state index contributed by atoms with van der Waals surface area (Å²) in [7, 11) is 3.09. The van der Waals surface area contributed by atoms with Crippen LogP contribution in [0.25, 0.3) is 6.08 Å². The molecular weight excluding hydrogens is 376 g/mol. The van der Waals surface area contributed by atoms with E-state index in [0.29, 0.717) is 36.7 Å². The van der Waals surface area contributed by atoms with Gasteiger partial charge in [0.25, 0.3) is 11.8 Å². The summed E-state index contributed by atoms with van der Waals surface area (Å²) in [6.45, 7) is 10.1. The van der Waals surface area contributed by atoms with E-state index < -0.39 is 11.8 Å². The lowest BCUT2D eigenvalue weighted by Gasteiger charge is -2.31. The number of ether oxygens (including phenoxy) is 2. The normalized spacial score (nSPS) is 14.2. The number of nitrogens with zero attached hydrogens (tertiary/aromatic N) is 2. The summed E-state index contributed by atoms with van der Waals surface area (Å²) in [5.41, 5.74) is 1.52. The average molecular weight is 401 g/mol. The topological polar surface area (TPSA) is 59.1 Å². The molecule has 0 atom stereocenters. The minimum absolute atomic E-state index is 0.0327. The van der Waals surface area contributed by atoms with Crippen molar-refractivity contribution >= 4 is 35.2 Å². The molecule has 1 aliphatic heterocycles. The third-order valence-corrected chi connectivity index (χ3v) is 4.67. The van der Waals surface area contributed by atoms with E-state index in [-0.39, 0.29) is 10.7 Å². The quantitative estimate of drug-likeness (QED) is 0.291. The van der Waals surface area contributed by atoms with Gasteiger partial charge >= 0.3 is 0 Å². The van der Waals surface area contributed by atoms with Gasteiger partial charge in [-0.2, -0.15) is 0 Å². The highest BCUT2D eigenvalue weighted by Crippen LogP contribution is 2.35. The Morgan fingerprint density at radius 2 is 1.71 bits per heavy atom. The fraction of sp³-hybridized carbons (Fsp3) is 0.286. The first-order chi connectivity index (χ1) is 13.3. The van der Waals surface area contributed by atoms with E-state index in [1.807, 2.05) is 13.0 Å². The summed E-state index contributed by atoms with van der Waals surface area (Å²) < 4.78 is 11.5. The molecule has 1 saturated heterocycles. The highest BCUT2D eigenvalue weighted by molar-refractivity contribution is 7.80. The molecule has 1 aliphatic rings. The zero-order chi connectivity index (χ0) is 20.8. The Hall–Kier alpha value is -2.93. The van der Waals surface area contributed by atoms with Crippen molar-refractivity contribution in [1.29, 1.82) is 0 Å². The summed E-state index contributed by atoms with van der Waals surface area (Å²) in [6, 6.07) is 3.60. The molecule has 0 unspecified atom stereocenters. The monoisotopic (exact) mass is 400 g/mol. The minimum Gasteiger partial charge on any atom is -0.490 e. The maximum absolute atomic E-state index is 12.6. The third kappa shape index (κ3) is 4.31. The minimum atomic E-state index is -0.441. The Balaban J connectivity index is 2.58. The van der Waals surface area contributed by atoms with Crippen molar-refractivity contribution in [3.63, 3.8) is 0 Å². The van der Waals surface area contributed by atoms with Gasteiger partial charge in [-0.05, 0) is 49.3 Å². The molecule has 1 heterocycles. The zero-order valence-electron chi connectivity index (χ0n) is 16.4. The van der Waals surface area contributed by atoms with Crippen molar-refractivity contribution in [3.8, 4) is 11.5 Å². The molecule has 0 saturated carbocycles. The van der Waals surface area contributed by atoms with Gasteiger partial charge in [0.1, 0.15) is 12.2 Å². The van der Waals surface area contributed by atoms with Gasteiger partial charge in [0, 0.05) is 19.7 Å².